The van der Waals surface area contributed by atoms with E-state index in [2.05, 4.69) is 5.32 Å². The lowest BCUT2D eigenvalue weighted by molar-refractivity contribution is -0.385. The van der Waals surface area contributed by atoms with Crippen LogP contribution >= 0.6 is 11.6 Å². The normalized spacial score (nSPS) is 10.3. The van der Waals surface area contributed by atoms with Crippen LogP contribution in [0.25, 0.3) is 0 Å². The highest BCUT2D eigenvalue weighted by Crippen LogP contribution is 2.37. The van der Waals surface area contributed by atoms with Gasteiger partial charge in [0.2, 0.25) is 11.7 Å². The topological polar surface area (TPSA) is 90.7 Å². The first-order chi connectivity index (χ1) is 13.9. The van der Waals surface area contributed by atoms with Gasteiger partial charge < -0.3 is 14.8 Å². The van der Waals surface area contributed by atoms with E-state index in [1.807, 2.05) is 0 Å². The van der Waals surface area contributed by atoms with Gasteiger partial charge in [-0.1, -0.05) is 29.8 Å². The number of hydrogen-bond acceptors (Lipinski definition) is 5. The SMILES string of the molecule is CC(=O)Nc1ccc(OCc2ccc(Oc3c(Cl)cccc3[N+](=O)[O-])cc2)cc1. The van der Waals surface area contributed by atoms with Crippen LogP contribution in [0.1, 0.15) is 12.5 Å². The Kier molecular flexibility index (Phi) is 6.31. The van der Waals surface area contributed by atoms with E-state index in [0.717, 1.165) is 5.56 Å². The number of halogens is 1. The van der Waals surface area contributed by atoms with E-state index in [4.69, 9.17) is 21.1 Å². The molecule has 0 radical (unpaired) electrons. The van der Waals surface area contributed by atoms with Gasteiger partial charge in [0.25, 0.3) is 0 Å². The fourth-order valence-electron chi connectivity index (χ4n) is 2.52. The van der Waals surface area contributed by atoms with Crippen LogP contribution in [0.2, 0.25) is 5.02 Å². The van der Waals surface area contributed by atoms with E-state index in [9.17, 15) is 14.9 Å². The van der Waals surface area contributed by atoms with Crippen LogP contribution in [0.3, 0.4) is 0 Å². The molecule has 7 nitrogen and oxygen atoms in total. The lowest BCUT2D eigenvalue weighted by atomic mass is 10.2. The third-order valence-electron chi connectivity index (χ3n) is 3.87. The molecule has 0 saturated carbocycles. The Hall–Kier alpha value is -3.58. The molecule has 0 aliphatic heterocycles. The number of nitrogens with zero attached hydrogens (tertiary/aromatic N) is 1. The van der Waals surface area contributed by atoms with E-state index in [-0.39, 0.29) is 22.4 Å². The van der Waals surface area contributed by atoms with Crippen molar-refractivity contribution in [1.29, 1.82) is 0 Å². The van der Waals surface area contributed by atoms with E-state index in [1.54, 1.807) is 48.5 Å². The number of amides is 1. The zero-order valence-corrected chi connectivity index (χ0v) is 16.2. The summed E-state index contributed by atoms with van der Waals surface area (Å²) >= 11 is 6.04. The minimum Gasteiger partial charge on any atom is -0.489 e. The summed E-state index contributed by atoms with van der Waals surface area (Å²) in [6.07, 6.45) is 0. The third-order valence-corrected chi connectivity index (χ3v) is 4.16. The molecule has 3 aromatic carbocycles. The Morgan fingerprint density at radius 1 is 1.03 bits per heavy atom. The molecule has 0 unspecified atom stereocenters. The van der Waals surface area contributed by atoms with Crippen LogP contribution in [0.4, 0.5) is 11.4 Å². The Morgan fingerprint density at radius 2 is 1.69 bits per heavy atom. The Balaban J connectivity index is 1.62. The highest BCUT2D eigenvalue weighted by molar-refractivity contribution is 6.32. The number of rotatable bonds is 7. The maximum atomic E-state index is 11.1. The molecule has 0 atom stereocenters. The first kappa shape index (κ1) is 20.2. The number of carbonyl (C=O) groups excluding carboxylic acids is 1. The Labute approximate surface area is 172 Å². The smallest absolute Gasteiger partial charge is 0.313 e. The summed E-state index contributed by atoms with van der Waals surface area (Å²) in [6.45, 7) is 1.77. The molecule has 1 amide bonds. The second-order valence-corrected chi connectivity index (χ2v) is 6.49. The molecular formula is C21H17ClN2O5. The van der Waals surface area contributed by atoms with Gasteiger partial charge in [0.05, 0.1) is 9.95 Å². The van der Waals surface area contributed by atoms with Crippen molar-refractivity contribution in [1.82, 2.24) is 0 Å². The molecule has 3 aromatic rings. The highest BCUT2D eigenvalue weighted by atomic mass is 35.5. The van der Waals surface area contributed by atoms with E-state index in [1.165, 1.54) is 25.1 Å². The summed E-state index contributed by atoms with van der Waals surface area (Å²) in [5.74, 6) is 0.946. The Bertz CT molecular complexity index is 1020. The largest absolute Gasteiger partial charge is 0.489 e. The van der Waals surface area contributed by atoms with Crippen LogP contribution in [0.15, 0.2) is 66.7 Å². The van der Waals surface area contributed by atoms with Crippen LogP contribution in [0, 0.1) is 10.1 Å². The summed E-state index contributed by atoms with van der Waals surface area (Å²) in [5.41, 5.74) is 1.38. The maximum Gasteiger partial charge on any atom is 0.313 e. The highest BCUT2D eigenvalue weighted by Gasteiger charge is 2.18. The molecule has 0 saturated heterocycles. The van der Waals surface area contributed by atoms with Gasteiger partial charge in [0, 0.05) is 18.7 Å². The number of ether oxygens (including phenoxy) is 2. The van der Waals surface area contributed by atoms with Crippen molar-refractivity contribution in [3.8, 4) is 17.2 Å². The molecule has 0 bridgehead atoms. The van der Waals surface area contributed by atoms with Gasteiger partial charge in [-0.2, -0.15) is 0 Å². The van der Waals surface area contributed by atoms with Gasteiger partial charge in [-0.05, 0) is 48.0 Å². The van der Waals surface area contributed by atoms with Crippen molar-refractivity contribution in [3.63, 3.8) is 0 Å². The minimum absolute atomic E-state index is 0.00225. The van der Waals surface area contributed by atoms with Crippen molar-refractivity contribution in [2.75, 3.05) is 5.32 Å². The minimum atomic E-state index is -0.541. The number of hydrogen-bond donors (Lipinski definition) is 1. The van der Waals surface area contributed by atoms with E-state index in [0.29, 0.717) is 23.8 Å². The molecule has 3 rings (SSSR count). The summed E-state index contributed by atoms with van der Waals surface area (Å²) in [5, 5.41) is 14.0. The number of anilines is 1. The van der Waals surface area contributed by atoms with Crippen molar-refractivity contribution in [2.24, 2.45) is 0 Å². The molecule has 0 aliphatic carbocycles. The van der Waals surface area contributed by atoms with Crippen molar-refractivity contribution in [2.45, 2.75) is 13.5 Å². The Morgan fingerprint density at radius 3 is 2.31 bits per heavy atom. The van der Waals surface area contributed by atoms with Gasteiger partial charge >= 0.3 is 5.69 Å². The van der Waals surface area contributed by atoms with E-state index < -0.39 is 4.92 Å². The van der Waals surface area contributed by atoms with Crippen molar-refractivity contribution < 1.29 is 19.2 Å². The first-order valence-electron chi connectivity index (χ1n) is 8.62. The summed E-state index contributed by atoms with van der Waals surface area (Å²) in [6, 6.07) is 18.4. The molecule has 0 spiro atoms. The number of nitro benzene ring substituents is 1. The standard InChI is InChI=1S/C21H17ClN2O5/c1-14(25)23-16-7-11-17(12-8-16)28-13-15-5-9-18(10-6-15)29-21-19(22)3-2-4-20(21)24(26)27/h2-12H,13H2,1H3,(H,23,25). The maximum absolute atomic E-state index is 11.1. The summed E-state index contributed by atoms with van der Waals surface area (Å²) in [7, 11) is 0. The number of nitrogens with one attached hydrogen (secondary N) is 1. The van der Waals surface area contributed by atoms with Gasteiger partial charge in [-0.3, -0.25) is 14.9 Å². The van der Waals surface area contributed by atoms with Gasteiger partial charge in [0.15, 0.2) is 0 Å². The molecular weight excluding hydrogens is 396 g/mol. The molecule has 0 fully saturated rings. The van der Waals surface area contributed by atoms with Crippen LogP contribution in [0.5, 0.6) is 17.2 Å². The predicted molar refractivity (Wildman–Crippen MR) is 110 cm³/mol. The fraction of sp³-hybridized carbons (Fsp3) is 0.0952. The van der Waals surface area contributed by atoms with Gasteiger partial charge in [-0.25, -0.2) is 0 Å². The molecule has 29 heavy (non-hydrogen) atoms. The van der Waals surface area contributed by atoms with Crippen LogP contribution in [-0.2, 0) is 11.4 Å². The van der Waals surface area contributed by atoms with Crippen molar-refractivity contribution in [3.05, 3.63) is 87.4 Å². The fourth-order valence-corrected chi connectivity index (χ4v) is 2.73. The average molecular weight is 413 g/mol. The third kappa shape index (κ3) is 5.46. The molecule has 0 aromatic heterocycles. The predicted octanol–water partition coefficient (Wildman–Crippen LogP) is 5.58. The average Bonchev–Trinajstić information content (AvgIpc) is 2.69. The number of para-hydroxylation sites is 1. The molecule has 1 N–H and O–H groups in total. The number of nitro groups is 1. The zero-order valence-electron chi connectivity index (χ0n) is 15.4. The van der Waals surface area contributed by atoms with Gasteiger partial charge in [0.1, 0.15) is 18.1 Å². The molecule has 0 aliphatic rings. The molecule has 8 heteroatoms. The van der Waals surface area contributed by atoms with Gasteiger partial charge in [-0.15, -0.1) is 0 Å². The number of benzene rings is 3. The summed E-state index contributed by atoms with van der Waals surface area (Å²) in [4.78, 5) is 21.6. The van der Waals surface area contributed by atoms with Crippen molar-refractivity contribution >= 4 is 28.9 Å². The molecule has 148 valence electrons. The number of carbonyl (C=O) groups is 1. The quantitative estimate of drug-likeness (QED) is 0.404. The second kappa shape index (κ2) is 9.07. The zero-order chi connectivity index (χ0) is 20.8. The second-order valence-electron chi connectivity index (χ2n) is 6.09. The lowest BCUT2D eigenvalue weighted by Crippen LogP contribution is -2.05. The van der Waals surface area contributed by atoms with Crippen LogP contribution < -0.4 is 14.8 Å². The monoisotopic (exact) mass is 412 g/mol. The summed E-state index contributed by atoms with van der Waals surface area (Å²) < 4.78 is 11.3. The first-order valence-corrected chi connectivity index (χ1v) is 9.00. The lowest BCUT2D eigenvalue weighted by Gasteiger charge is -2.10. The molecule has 0 heterocycles. The van der Waals surface area contributed by atoms with Crippen LogP contribution in [-0.4, -0.2) is 10.8 Å². The van der Waals surface area contributed by atoms with E-state index >= 15 is 0 Å².